The van der Waals surface area contributed by atoms with E-state index in [1.54, 1.807) is 42.6 Å². The summed E-state index contributed by atoms with van der Waals surface area (Å²) in [7, 11) is 0. The van der Waals surface area contributed by atoms with Crippen molar-refractivity contribution in [2.24, 2.45) is 0 Å². The second-order valence-corrected chi connectivity index (χ2v) is 5.57. The summed E-state index contributed by atoms with van der Waals surface area (Å²) in [6.45, 7) is 2.26. The molecule has 2 aromatic heterocycles. The lowest BCUT2D eigenvalue weighted by atomic mass is 10.3. The van der Waals surface area contributed by atoms with Gasteiger partial charge in [-0.2, -0.15) is 0 Å². The number of fused-ring (bicyclic) bond motifs is 1. The van der Waals surface area contributed by atoms with E-state index in [9.17, 15) is 9.90 Å². The number of nitrogens with zero attached hydrogens (tertiary/aromatic N) is 4. The van der Waals surface area contributed by atoms with Crippen LogP contribution in [0.2, 0.25) is 0 Å². The molecule has 0 saturated heterocycles. The Morgan fingerprint density at radius 2 is 1.96 bits per heavy atom. The van der Waals surface area contributed by atoms with Gasteiger partial charge in [-0.1, -0.05) is 24.9 Å². The minimum Gasteiger partial charge on any atom is -0.506 e. The van der Waals surface area contributed by atoms with Gasteiger partial charge in [0.2, 0.25) is 0 Å². The van der Waals surface area contributed by atoms with Crippen LogP contribution in [-0.2, 0) is 0 Å². The first-order valence-electron chi connectivity index (χ1n) is 7.53. The van der Waals surface area contributed by atoms with E-state index in [4.69, 9.17) is 0 Å². The molecule has 0 aliphatic carbocycles. The maximum absolute atomic E-state index is 11.8. The number of benzene rings is 1. The molecule has 0 saturated carbocycles. The first-order valence-corrected chi connectivity index (χ1v) is 7.93. The fourth-order valence-electron chi connectivity index (χ4n) is 2.06. The average Bonchev–Trinajstić information content (AvgIpc) is 2.62. The number of phenols is 1. The van der Waals surface area contributed by atoms with Crippen LogP contribution in [0.25, 0.3) is 11.2 Å². The summed E-state index contributed by atoms with van der Waals surface area (Å²) in [5.41, 5.74) is 1.45. The quantitative estimate of drug-likeness (QED) is 0.423. The summed E-state index contributed by atoms with van der Waals surface area (Å²) in [5.74, 6) is 0.875. The Kier molecular flexibility index (Phi) is 4.85. The standard InChI is InChI=1S/C16H16N6O2S/c1-2-22(25)16(24)21-13-8-7-11-15(19-13)20-14(9-17-11)18-10-5-3-4-6-12(10)23/h3-9,23,25H,2H2,1H3,(H2,18,19,20,21,24). The number of carbonyl (C=O) groups excluding carboxylic acids is 1. The zero-order chi connectivity index (χ0) is 17.8. The van der Waals surface area contributed by atoms with Crippen molar-refractivity contribution >= 4 is 47.3 Å². The number of thiol groups is 1. The Hall–Kier alpha value is -3.07. The Bertz CT molecular complexity index is 920. The second-order valence-electron chi connectivity index (χ2n) is 5.08. The van der Waals surface area contributed by atoms with Gasteiger partial charge in [-0.25, -0.2) is 19.7 Å². The Balaban J connectivity index is 1.86. The largest absolute Gasteiger partial charge is 0.506 e. The minimum absolute atomic E-state index is 0.104. The highest BCUT2D eigenvalue weighted by molar-refractivity contribution is 7.78. The van der Waals surface area contributed by atoms with E-state index in [0.29, 0.717) is 35.0 Å². The van der Waals surface area contributed by atoms with Gasteiger partial charge in [-0.15, -0.1) is 0 Å². The lowest BCUT2D eigenvalue weighted by molar-refractivity contribution is 0.240. The van der Waals surface area contributed by atoms with E-state index in [1.165, 1.54) is 4.31 Å². The molecule has 0 atom stereocenters. The molecule has 3 aromatic rings. The van der Waals surface area contributed by atoms with E-state index in [0.717, 1.165) is 0 Å². The number of rotatable bonds is 4. The van der Waals surface area contributed by atoms with Gasteiger partial charge >= 0.3 is 6.03 Å². The zero-order valence-electron chi connectivity index (χ0n) is 13.3. The van der Waals surface area contributed by atoms with E-state index in [-0.39, 0.29) is 11.8 Å². The number of hydrogen-bond acceptors (Lipinski definition) is 7. The van der Waals surface area contributed by atoms with Gasteiger partial charge in [0.25, 0.3) is 0 Å². The van der Waals surface area contributed by atoms with E-state index >= 15 is 0 Å². The van der Waals surface area contributed by atoms with Crippen molar-refractivity contribution in [1.29, 1.82) is 0 Å². The highest BCUT2D eigenvalue weighted by atomic mass is 32.1. The molecular weight excluding hydrogens is 340 g/mol. The van der Waals surface area contributed by atoms with Gasteiger partial charge in [-0.05, 0) is 31.2 Å². The highest BCUT2D eigenvalue weighted by Gasteiger charge is 2.10. The molecule has 8 nitrogen and oxygen atoms in total. The molecule has 3 rings (SSSR count). The van der Waals surface area contributed by atoms with E-state index < -0.39 is 0 Å². The Morgan fingerprint density at radius 3 is 2.72 bits per heavy atom. The van der Waals surface area contributed by atoms with Crippen LogP contribution in [-0.4, -0.2) is 36.9 Å². The van der Waals surface area contributed by atoms with Crippen molar-refractivity contribution in [3.05, 3.63) is 42.6 Å². The number of para-hydroxylation sites is 2. The third-order valence-corrected chi connectivity index (χ3v) is 3.81. The van der Waals surface area contributed by atoms with E-state index in [2.05, 4.69) is 38.4 Å². The number of amides is 2. The summed E-state index contributed by atoms with van der Waals surface area (Å²) < 4.78 is 1.23. The monoisotopic (exact) mass is 356 g/mol. The molecular formula is C16H16N6O2S. The number of pyridine rings is 1. The molecule has 25 heavy (non-hydrogen) atoms. The van der Waals surface area contributed by atoms with Crippen molar-refractivity contribution in [2.75, 3.05) is 17.2 Å². The minimum atomic E-state index is -0.380. The molecule has 0 radical (unpaired) electrons. The normalized spacial score (nSPS) is 10.5. The van der Waals surface area contributed by atoms with Crippen molar-refractivity contribution < 1.29 is 9.90 Å². The third-order valence-electron chi connectivity index (χ3n) is 3.34. The fourth-order valence-corrected chi connectivity index (χ4v) is 2.11. The van der Waals surface area contributed by atoms with Crippen LogP contribution >= 0.6 is 12.8 Å². The number of hydrogen-bond donors (Lipinski definition) is 4. The Labute approximate surface area is 149 Å². The highest BCUT2D eigenvalue weighted by Crippen LogP contribution is 2.25. The zero-order valence-corrected chi connectivity index (χ0v) is 14.2. The van der Waals surface area contributed by atoms with Gasteiger partial charge < -0.3 is 10.4 Å². The van der Waals surface area contributed by atoms with Crippen molar-refractivity contribution in [3.63, 3.8) is 0 Å². The van der Waals surface area contributed by atoms with E-state index in [1.807, 2.05) is 6.92 Å². The van der Waals surface area contributed by atoms with Crippen molar-refractivity contribution in [2.45, 2.75) is 6.92 Å². The number of anilines is 3. The van der Waals surface area contributed by atoms with Crippen LogP contribution < -0.4 is 10.6 Å². The molecule has 0 bridgehead atoms. The van der Waals surface area contributed by atoms with Crippen molar-refractivity contribution in [3.8, 4) is 5.75 Å². The summed E-state index contributed by atoms with van der Waals surface area (Å²) in [5, 5.41) is 15.4. The van der Waals surface area contributed by atoms with Gasteiger partial charge in [0.05, 0.1) is 11.9 Å². The average molecular weight is 356 g/mol. The molecule has 2 heterocycles. The van der Waals surface area contributed by atoms with Gasteiger partial charge in [0.1, 0.15) is 17.1 Å². The van der Waals surface area contributed by atoms with Crippen LogP contribution in [0.5, 0.6) is 5.75 Å². The number of nitrogens with one attached hydrogen (secondary N) is 2. The number of aromatic nitrogens is 3. The molecule has 0 aliphatic heterocycles. The molecule has 0 aliphatic rings. The predicted octanol–water partition coefficient (Wildman–Crippen LogP) is 3.17. The Morgan fingerprint density at radius 1 is 1.20 bits per heavy atom. The maximum atomic E-state index is 11.8. The molecule has 0 spiro atoms. The summed E-state index contributed by atoms with van der Waals surface area (Å²) >= 11 is 4.04. The van der Waals surface area contributed by atoms with Crippen molar-refractivity contribution in [1.82, 2.24) is 19.3 Å². The van der Waals surface area contributed by atoms with Crippen LogP contribution in [0.15, 0.2) is 42.6 Å². The molecule has 2 amide bonds. The molecule has 3 N–H and O–H groups in total. The number of phenolic OH excluding ortho intramolecular Hbond substituents is 1. The van der Waals surface area contributed by atoms with Crippen LogP contribution in [0, 0.1) is 0 Å². The number of carbonyl (C=O) groups is 1. The lowest BCUT2D eigenvalue weighted by Gasteiger charge is -2.13. The second kappa shape index (κ2) is 7.22. The van der Waals surface area contributed by atoms with Crippen LogP contribution in [0.1, 0.15) is 6.92 Å². The molecule has 9 heteroatoms. The molecule has 0 fully saturated rings. The van der Waals surface area contributed by atoms with Crippen LogP contribution in [0.3, 0.4) is 0 Å². The first-order chi connectivity index (χ1) is 12.1. The molecule has 128 valence electrons. The topological polar surface area (TPSA) is 103 Å². The predicted molar refractivity (Wildman–Crippen MR) is 99.1 cm³/mol. The number of aromatic hydroxyl groups is 1. The van der Waals surface area contributed by atoms with Gasteiger partial charge in [-0.3, -0.25) is 9.62 Å². The summed E-state index contributed by atoms with van der Waals surface area (Å²) in [4.78, 5) is 24.8. The maximum Gasteiger partial charge on any atom is 0.332 e. The van der Waals surface area contributed by atoms with Gasteiger partial charge in [0.15, 0.2) is 11.5 Å². The smallest absolute Gasteiger partial charge is 0.332 e. The summed E-state index contributed by atoms with van der Waals surface area (Å²) in [6, 6.07) is 9.78. The number of urea groups is 1. The SMILES string of the molecule is CCN(S)C(=O)Nc1ccc2ncc(Nc3ccccc3O)nc2n1. The summed E-state index contributed by atoms with van der Waals surface area (Å²) in [6.07, 6.45) is 1.54. The van der Waals surface area contributed by atoms with Gasteiger partial charge in [0, 0.05) is 6.54 Å². The molecule has 1 aromatic carbocycles. The van der Waals surface area contributed by atoms with Crippen LogP contribution in [0.4, 0.5) is 22.1 Å². The lowest BCUT2D eigenvalue weighted by Crippen LogP contribution is -2.27. The molecule has 0 unspecified atom stereocenters. The fraction of sp³-hybridized carbons (Fsp3) is 0.125. The third kappa shape index (κ3) is 3.89. The first kappa shape index (κ1) is 16.8.